The monoisotopic (exact) mass is 365 g/mol. The number of hydrogen-bond donors (Lipinski definition) is 0. The van der Waals surface area contributed by atoms with E-state index in [-0.39, 0.29) is 55.1 Å². The zero-order chi connectivity index (χ0) is 18.3. The number of ether oxygens (including phenoxy) is 1. The van der Waals surface area contributed by atoms with Crippen LogP contribution in [0, 0.1) is 0 Å². The lowest BCUT2D eigenvalue weighted by Gasteiger charge is -2.27. The Balaban J connectivity index is 0.00000210. The third-order valence-corrected chi connectivity index (χ3v) is 4.63. The zero-order valence-corrected chi connectivity index (χ0v) is 13.8. The predicted octanol–water partition coefficient (Wildman–Crippen LogP) is 3.40. The van der Waals surface area contributed by atoms with Gasteiger partial charge in [0.1, 0.15) is 17.3 Å². The maximum absolute atomic E-state index is 12.9. The zero-order valence-electron chi connectivity index (χ0n) is 13.8. The molecule has 0 saturated heterocycles. The van der Waals surface area contributed by atoms with Crippen LogP contribution in [0.2, 0.25) is 0 Å². The van der Waals surface area contributed by atoms with Crippen molar-refractivity contribution < 1.29 is 23.9 Å². The summed E-state index contributed by atoms with van der Waals surface area (Å²) in [6, 6.07) is 12.9. The van der Waals surface area contributed by atoms with E-state index in [4.69, 9.17) is 4.74 Å². The van der Waals surface area contributed by atoms with Gasteiger partial charge >= 0.3 is 0 Å². The first kappa shape index (κ1) is 18.5. The number of rotatable bonds is 3. The molecule has 2 aliphatic rings. The van der Waals surface area contributed by atoms with Crippen molar-refractivity contribution in [1.29, 1.82) is 0 Å². The highest BCUT2D eigenvalue weighted by Gasteiger charge is 2.45. The third kappa shape index (κ3) is 3.14. The molecule has 6 heteroatoms. The van der Waals surface area contributed by atoms with Gasteiger partial charge in [-0.1, -0.05) is 31.7 Å². The van der Waals surface area contributed by atoms with Gasteiger partial charge in [0, 0.05) is 6.42 Å². The predicted molar refractivity (Wildman–Crippen MR) is 97.8 cm³/mol. The van der Waals surface area contributed by atoms with Crippen LogP contribution < -0.4 is 4.74 Å². The van der Waals surface area contributed by atoms with E-state index in [0.29, 0.717) is 5.75 Å². The number of Topliss-reactive ketones (excluding diaryl/α,β-unsaturated/α-hetero) is 2. The van der Waals surface area contributed by atoms with Crippen LogP contribution in [0.4, 0.5) is 0 Å². The molecule has 1 unspecified atom stereocenters. The highest BCUT2D eigenvalue weighted by atomic mass is 16.5. The minimum atomic E-state index is -0.885. The van der Waals surface area contributed by atoms with Crippen LogP contribution in [-0.2, 0) is 9.59 Å². The fourth-order valence-corrected chi connectivity index (χ4v) is 3.39. The van der Waals surface area contributed by atoms with Crippen molar-refractivity contribution in [2.24, 2.45) is 0 Å². The molecule has 6 nitrogen and oxygen atoms in total. The Hall–Kier alpha value is -3.28. The van der Waals surface area contributed by atoms with E-state index in [1.807, 2.05) is 6.07 Å². The smallest absolute Gasteiger partial charge is 0.266 e. The fourth-order valence-electron chi connectivity index (χ4n) is 3.39. The summed E-state index contributed by atoms with van der Waals surface area (Å²) in [7, 11) is 0. The van der Waals surface area contributed by atoms with Crippen molar-refractivity contribution in [3.8, 4) is 11.5 Å². The Morgan fingerprint density at radius 1 is 0.889 bits per heavy atom. The van der Waals surface area contributed by atoms with E-state index in [0.717, 1.165) is 4.90 Å². The lowest BCUT2D eigenvalue weighted by molar-refractivity contribution is -0.132. The number of ketones is 2. The Bertz CT molecular complexity index is 935. The molecule has 2 aromatic rings. The molecule has 0 bridgehead atoms. The quantitative estimate of drug-likeness (QED) is 0.615. The van der Waals surface area contributed by atoms with Gasteiger partial charge in [-0.15, -0.1) is 0 Å². The summed E-state index contributed by atoms with van der Waals surface area (Å²) in [4.78, 5) is 50.3. The highest BCUT2D eigenvalue weighted by molar-refractivity contribution is 6.24. The lowest BCUT2D eigenvalue weighted by atomic mass is 9.92. The van der Waals surface area contributed by atoms with Gasteiger partial charge in [-0.05, 0) is 30.7 Å². The largest absolute Gasteiger partial charge is 0.457 e. The molecular formula is C21H19NO5. The molecule has 0 aromatic heterocycles. The Morgan fingerprint density at radius 3 is 2.33 bits per heavy atom. The van der Waals surface area contributed by atoms with Crippen LogP contribution in [0.15, 0.2) is 48.5 Å². The number of amides is 2. The second-order valence-corrected chi connectivity index (χ2v) is 6.31. The highest BCUT2D eigenvalue weighted by Crippen LogP contribution is 2.36. The molecule has 27 heavy (non-hydrogen) atoms. The third-order valence-electron chi connectivity index (χ3n) is 4.63. The van der Waals surface area contributed by atoms with Crippen LogP contribution >= 0.6 is 0 Å². The maximum Gasteiger partial charge on any atom is 0.266 e. The van der Waals surface area contributed by atoms with Gasteiger partial charge in [0.25, 0.3) is 11.8 Å². The number of hydrogen-bond acceptors (Lipinski definition) is 5. The van der Waals surface area contributed by atoms with E-state index in [2.05, 4.69) is 0 Å². The SMILES string of the molecule is C.O=C1CCC(N2C(=O)c3cccc(Oc4ccccc4)c3C2=O)C(=O)C1. The first-order valence-corrected chi connectivity index (χ1v) is 8.34. The molecule has 0 spiro atoms. The van der Waals surface area contributed by atoms with Crippen LogP contribution in [0.1, 0.15) is 47.4 Å². The van der Waals surface area contributed by atoms with Crippen LogP contribution in [0.25, 0.3) is 0 Å². The van der Waals surface area contributed by atoms with Crippen molar-refractivity contribution in [3.05, 3.63) is 59.7 Å². The van der Waals surface area contributed by atoms with E-state index in [9.17, 15) is 19.2 Å². The number of carbonyl (C=O) groups excluding carboxylic acids is 4. The summed E-state index contributed by atoms with van der Waals surface area (Å²) in [5, 5.41) is 0. The summed E-state index contributed by atoms with van der Waals surface area (Å²) in [5.41, 5.74) is 0.374. The molecule has 4 rings (SSSR count). The standard InChI is InChI=1S/C20H15NO5.CH4/c22-12-9-10-15(16(23)11-12)21-19(24)14-7-4-8-17(18(14)20(21)25)26-13-5-2-1-3-6-13;/h1-8,15H,9-11H2;1H4. The van der Waals surface area contributed by atoms with Crippen LogP contribution in [0.3, 0.4) is 0 Å². The van der Waals surface area contributed by atoms with Gasteiger partial charge in [-0.3, -0.25) is 24.1 Å². The van der Waals surface area contributed by atoms with E-state index >= 15 is 0 Å². The Morgan fingerprint density at radius 2 is 1.63 bits per heavy atom. The maximum atomic E-state index is 12.9. The normalized spacial score (nSPS) is 19.0. The van der Waals surface area contributed by atoms with Gasteiger partial charge in [-0.25, -0.2) is 0 Å². The molecule has 1 heterocycles. The second kappa shape index (κ2) is 7.15. The number of nitrogens with zero attached hydrogens (tertiary/aromatic N) is 1. The summed E-state index contributed by atoms with van der Waals surface area (Å²) < 4.78 is 5.78. The summed E-state index contributed by atoms with van der Waals surface area (Å²) in [6.45, 7) is 0. The molecule has 1 atom stereocenters. The van der Waals surface area contributed by atoms with Crippen molar-refractivity contribution in [1.82, 2.24) is 4.90 Å². The van der Waals surface area contributed by atoms with Crippen LogP contribution in [-0.4, -0.2) is 34.3 Å². The number of para-hydroxylation sites is 1. The van der Waals surface area contributed by atoms with Crippen molar-refractivity contribution in [3.63, 3.8) is 0 Å². The molecule has 1 aliphatic heterocycles. The molecule has 0 N–H and O–H groups in total. The number of fused-ring (bicyclic) bond motifs is 1. The molecule has 2 aromatic carbocycles. The number of benzene rings is 2. The van der Waals surface area contributed by atoms with E-state index in [1.54, 1.807) is 42.5 Å². The molecular weight excluding hydrogens is 346 g/mol. The van der Waals surface area contributed by atoms with Gasteiger partial charge in [0.2, 0.25) is 0 Å². The second-order valence-electron chi connectivity index (χ2n) is 6.31. The van der Waals surface area contributed by atoms with E-state index in [1.165, 1.54) is 0 Å². The van der Waals surface area contributed by atoms with Gasteiger partial charge in [0.15, 0.2) is 5.78 Å². The topological polar surface area (TPSA) is 80.8 Å². The molecule has 1 saturated carbocycles. The fraction of sp³-hybridized carbons (Fsp3) is 0.238. The minimum Gasteiger partial charge on any atom is -0.457 e. The molecule has 138 valence electrons. The molecule has 0 radical (unpaired) electrons. The van der Waals surface area contributed by atoms with Gasteiger partial charge < -0.3 is 4.74 Å². The van der Waals surface area contributed by atoms with Gasteiger partial charge in [0.05, 0.1) is 23.6 Å². The summed E-state index contributed by atoms with van der Waals surface area (Å²) >= 11 is 0. The van der Waals surface area contributed by atoms with Crippen LogP contribution in [0.5, 0.6) is 11.5 Å². The van der Waals surface area contributed by atoms with Crippen molar-refractivity contribution in [2.45, 2.75) is 32.7 Å². The average molecular weight is 365 g/mol. The molecule has 2 amide bonds. The first-order chi connectivity index (χ1) is 12.6. The molecule has 1 aliphatic carbocycles. The summed E-state index contributed by atoms with van der Waals surface area (Å²) in [5.74, 6) is -0.800. The Labute approximate surface area is 156 Å². The van der Waals surface area contributed by atoms with Gasteiger partial charge in [-0.2, -0.15) is 0 Å². The summed E-state index contributed by atoms with van der Waals surface area (Å²) in [6.07, 6.45) is 0.140. The number of imide groups is 1. The first-order valence-electron chi connectivity index (χ1n) is 8.34. The number of carbonyl (C=O) groups is 4. The lowest BCUT2D eigenvalue weighted by Crippen LogP contribution is -2.47. The van der Waals surface area contributed by atoms with E-state index < -0.39 is 17.9 Å². The van der Waals surface area contributed by atoms with Crippen molar-refractivity contribution in [2.75, 3.05) is 0 Å². The Kier molecular flexibility index (Phi) is 4.90. The van der Waals surface area contributed by atoms with Crippen molar-refractivity contribution >= 4 is 23.4 Å². The average Bonchev–Trinajstić information content (AvgIpc) is 2.88. The minimum absolute atomic E-state index is 0. The molecule has 1 fully saturated rings.